The van der Waals surface area contributed by atoms with Crippen LogP contribution >= 0.6 is 43.5 Å². The van der Waals surface area contributed by atoms with Crippen LogP contribution in [0.15, 0.2) is 12.1 Å². The average molecular weight is 428 g/mol. The lowest BCUT2D eigenvalue weighted by molar-refractivity contribution is 0.0807. The summed E-state index contributed by atoms with van der Waals surface area (Å²) in [6.07, 6.45) is -1.18. The predicted molar refractivity (Wildman–Crippen MR) is 86.5 cm³/mol. The topological polar surface area (TPSA) is 58.6 Å². The van der Waals surface area contributed by atoms with E-state index in [4.69, 9.17) is 21.4 Å². The number of rotatable bonds is 1. The van der Waals surface area contributed by atoms with Crippen molar-refractivity contribution in [1.82, 2.24) is 0 Å². The lowest BCUT2D eigenvalue weighted by atomic mass is 9.86. The molecule has 1 aromatic carbocycles. The van der Waals surface area contributed by atoms with E-state index in [-0.39, 0.29) is 15.9 Å². The van der Waals surface area contributed by atoms with Gasteiger partial charge < -0.3 is 9.84 Å². The van der Waals surface area contributed by atoms with Crippen molar-refractivity contribution in [3.63, 3.8) is 0 Å². The van der Waals surface area contributed by atoms with Gasteiger partial charge in [-0.15, -0.1) is 0 Å². The molecule has 1 heterocycles. The Morgan fingerprint density at radius 2 is 2.10 bits per heavy atom. The van der Waals surface area contributed by atoms with Gasteiger partial charge >= 0.3 is 6.09 Å². The van der Waals surface area contributed by atoms with Crippen LogP contribution in [0.1, 0.15) is 31.2 Å². The number of amides is 1. The minimum Gasteiger partial charge on any atom is -0.471 e. The number of carbonyl (C=O) groups is 1. The minimum atomic E-state index is -1.18. The van der Waals surface area contributed by atoms with Crippen molar-refractivity contribution in [3.05, 3.63) is 22.7 Å². The number of ether oxygens (including phenoxy) is 1. The molecule has 1 aliphatic heterocycles. The molecule has 0 spiro atoms. The van der Waals surface area contributed by atoms with E-state index in [1.165, 1.54) is 0 Å². The zero-order chi connectivity index (χ0) is 15.3. The van der Waals surface area contributed by atoms with Crippen LogP contribution in [0.2, 0.25) is 5.02 Å². The molecular formula is C13H14Br2ClNO3. The Morgan fingerprint density at radius 1 is 1.50 bits per heavy atom. The molecule has 4 nitrogen and oxygen atoms in total. The molecule has 0 fully saturated rings. The number of alkyl halides is 2. The van der Waals surface area contributed by atoms with Crippen LogP contribution in [0.4, 0.5) is 10.5 Å². The van der Waals surface area contributed by atoms with Crippen LogP contribution in [0, 0.1) is 5.41 Å². The minimum absolute atomic E-state index is 0.128. The summed E-state index contributed by atoms with van der Waals surface area (Å²) in [6.45, 7) is 6.11. The van der Waals surface area contributed by atoms with E-state index in [1.807, 2.05) is 26.8 Å². The first-order valence-corrected chi connectivity index (χ1v) is 8.01. The van der Waals surface area contributed by atoms with E-state index in [1.54, 1.807) is 6.07 Å². The van der Waals surface area contributed by atoms with Crippen molar-refractivity contribution in [2.75, 3.05) is 5.32 Å². The summed E-state index contributed by atoms with van der Waals surface area (Å²) < 4.78 is 5.35. The number of carboxylic acid groups (broad SMARTS) is 1. The molecule has 2 atom stereocenters. The summed E-state index contributed by atoms with van der Waals surface area (Å²) in [5.74, 6) is 0.452. The molecular weight excluding hydrogens is 413 g/mol. The highest BCUT2D eigenvalue weighted by Gasteiger charge is 2.54. The first-order chi connectivity index (χ1) is 9.08. The molecule has 2 unspecified atom stereocenters. The Morgan fingerprint density at radius 3 is 2.60 bits per heavy atom. The monoisotopic (exact) mass is 425 g/mol. The van der Waals surface area contributed by atoms with Gasteiger partial charge in [0.15, 0.2) is 10.3 Å². The number of anilines is 1. The second kappa shape index (κ2) is 5.07. The van der Waals surface area contributed by atoms with Gasteiger partial charge in [0.1, 0.15) is 5.69 Å². The Hall–Kier alpha value is -0.460. The number of fused-ring (bicyclic) bond motifs is 1. The van der Waals surface area contributed by atoms with Crippen LogP contribution in [0.5, 0.6) is 5.75 Å². The van der Waals surface area contributed by atoms with E-state index < -0.39 is 10.6 Å². The summed E-state index contributed by atoms with van der Waals surface area (Å²) in [7, 11) is 0. The molecule has 1 aromatic rings. The van der Waals surface area contributed by atoms with Crippen molar-refractivity contribution in [3.8, 4) is 5.75 Å². The first kappa shape index (κ1) is 15.9. The van der Waals surface area contributed by atoms with Crippen LogP contribution < -0.4 is 10.1 Å². The fourth-order valence-corrected chi connectivity index (χ4v) is 3.79. The molecule has 0 saturated heterocycles. The second-order valence-electron chi connectivity index (χ2n) is 5.63. The molecule has 1 aliphatic rings. The van der Waals surface area contributed by atoms with Crippen LogP contribution in [-0.2, 0) is 0 Å². The fraction of sp³-hybridized carbons (Fsp3) is 0.462. The van der Waals surface area contributed by atoms with E-state index >= 15 is 0 Å². The van der Waals surface area contributed by atoms with Gasteiger partial charge in [0.25, 0.3) is 0 Å². The molecule has 2 rings (SSSR count). The molecule has 2 N–H and O–H groups in total. The van der Waals surface area contributed by atoms with Gasteiger partial charge in [-0.05, 0) is 22.0 Å². The standard InChI is InChI=1S/C13H14Br2ClNO3/c1-12(2,3)13(15)10(14)6-4-5-7(16)8(9(6)20-13)17-11(18)19/h4-5,10,17H,1-3H3,(H,18,19). The average Bonchev–Trinajstić information content (AvgIpc) is 2.56. The smallest absolute Gasteiger partial charge is 0.409 e. The lowest BCUT2D eigenvalue weighted by Crippen LogP contribution is -2.42. The third-order valence-electron chi connectivity index (χ3n) is 3.24. The molecule has 0 saturated carbocycles. The highest BCUT2D eigenvalue weighted by Crippen LogP contribution is 2.61. The molecule has 0 aromatic heterocycles. The number of benzene rings is 1. The van der Waals surface area contributed by atoms with Crippen molar-refractivity contribution in [2.24, 2.45) is 5.41 Å². The normalized spacial score (nSPS) is 25.0. The summed E-state index contributed by atoms with van der Waals surface area (Å²) >= 11 is 13.4. The predicted octanol–water partition coefficient (Wildman–Crippen LogP) is 5.40. The van der Waals surface area contributed by atoms with Crippen LogP contribution in [0.3, 0.4) is 0 Å². The third-order valence-corrected chi connectivity index (χ3v) is 7.12. The first-order valence-electron chi connectivity index (χ1n) is 5.92. The molecule has 0 radical (unpaired) electrons. The highest BCUT2D eigenvalue weighted by molar-refractivity contribution is 9.12. The summed E-state index contributed by atoms with van der Waals surface area (Å²) in [5.41, 5.74) is 0.893. The van der Waals surface area contributed by atoms with Gasteiger partial charge in [0.2, 0.25) is 0 Å². The Kier molecular flexibility index (Phi) is 4.04. The molecule has 0 bridgehead atoms. The van der Waals surface area contributed by atoms with Crippen molar-refractivity contribution in [2.45, 2.75) is 30.1 Å². The molecule has 7 heteroatoms. The van der Waals surface area contributed by atoms with Crippen molar-refractivity contribution < 1.29 is 14.6 Å². The number of halogens is 3. The van der Waals surface area contributed by atoms with Gasteiger partial charge in [-0.25, -0.2) is 4.79 Å². The quantitative estimate of drug-likeness (QED) is 0.591. The fourth-order valence-electron chi connectivity index (χ4n) is 2.04. The summed E-state index contributed by atoms with van der Waals surface area (Å²) in [5, 5.41) is 11.5. The maximum atomic E-state index is 10.9. The summed E-state index contributed by atoms with van der Waals surface area (Å²) in [6, 6.07) is 3.49. The number of hydrogen-bond acceptors (Lipinski definition) is 2. The van der Waals surface area contributed by atoms with Gasteiger partial charge in [-0.3, -0.25) is 5.32 Å². The molecule has 20 heavy (non-hydrogen) atoms. The number of nitrogens with one attached hydrogen (secondary N) is 1. The van der Waals surface area contributed by atoms with E-state index in [0.29, 0.717) is 10.8 Å². The van der Waals surface area contributed by atoms with Gasteiger partial charge in [0.05, 0.1) is 9.85 Å². The van der Waals surface area contributed by atoms with Gasteiger partial charge in [0, 0.05) is 11.0 Å². The zero-order valence-electron chi connectivity index (χ0n) is 11.1. The van der Waals surface area contributed by atoms with Crippen molar-refractivity contribution >= 4 is 55.2 Å². The molecule has 0 aliphatic carbocycles. The van der Waals surface area contributed by atoms with Gasteiger partial charge in [-0.2, -0.15) is 0 Å². The maximum Gasteiger partial charge on any atom is 0.409 e. The van der Waals surface area contributed by atoms with Crippen LogP contribution in [-0.4, -0.2) is 15.7 Å². The third kappa shape index (κ3) is 2.42. The Bertz CT molecular complexity index is 573. The Labute approximate surface area is 139 Å². The Balaban J connectivity index is 2.56. The van der Waals surface area contributed by atoms with E-state index in [0.717, 1.165) is 5.56 Å². The van der Waals surface area contributed by atoms with E-state index in [2.05, 4.69) is 37.2 Å². The largest absolute Gasteiger partial charge is 0.471 e. The molecule has 1 amide bonds. The van der Waals surface area contributed by atoms with Crippen molar-refractivity contribution in [1.29, 1.82) is 0 Å². The molecule has 110 valence electrons. The maximum absolute atomic E-state index is 10.9. The SMILES string of the molecule is CC(C)(C)C1(Br)Oc2c(ccc(Cl)c2NC(=O)O)C1Br. The zero-order valence-corrected chi connectivity index (χ0v) is 15.1. The lowest BCUT2D eigenvalue weighted by Gasteiger charge is -2.38. The number of hydrogen-bond donors (Lipinski definition) is 2. The highest BCUT2D eigenvalue weighted by atomic mass is 79.9. The summed E-state index contributed by atoms with van der Waals surface area (Å²) in [4.78, 5) is 10.8. The van der Waals surface area contributed by atoms with Crippen LogP contribution in [0.25, 0.3) is 0 Å². The van der Waals surface area contributed by atoms with Gasteiger partial charge in [-0.1, -0.05) is 54.4 Å². The van der Waals surface area contributed by atoms with E-state index in [9.17, 15) is 4.79 Å². The second-order valence-corrected chi connectivity index (χ2v) is 8.13.